The van der Waals surface area contributed by atoms with Crippen molar-refractivity contribution in [3.63, 3.8) is 0 Å². The van der Waals surface area contributed by atoms with E-state index in [1.54, 1.807) is 0 Å². The fraction of sp³-hybridized carbons (Fsp3) is 0.667. The molecule has 2 nitrogen and oxygen atoms in total. The molecule has 1 saturated carbocycles. The zero-order valence-electron chi connectivity index (χ0n) is 13.4. The van der Waals surface area contributed by atoms with Crippen LogP contribution in [-0.4, -0.2) is 12.1 Å². The number of ether oxygens (including phenoxy) is 1. The number of hydrogen-bond acceptors (Lipinski definition) is 2. The van der Waals surface area contributed by atoms with Crippen LogP contribution in [0, 0.1) is 5.41 Å². The first kappa shape index (κ1) is 15.4. The lowest BCUT2D eigenvalue weighted by molar-refractivity contribution is 0.0559. The van der Waals surface area contributed by atoms with Crippen LogP contribution in [0.15, 0.2) is 24.3 Å². The van der Waals surface area contributed by atoms with Crippen LogP contribution >= 0.6 is 0 Å². The second kappa shape index (κ2) is 6.17. The van der Waals surface area contributed by atoms with Crippen molar-refractivity contribution >= 4 is 0 Å². The maximum Gasteiger partial charge on any atom is 0.123 e. The van der Waals surface area contributed by atoms with Gasteiger partial charge in [0.2, 0.25) is 0 Å². The summed E-state index contributed by atoms with van der Waals surface area (Å²) in [7, 11) is 0. The third kappa shape index (κ3) is 3.17. The van der Waals surface area contributed by atoms with E-state index < -0.39 is 0 Å². The summed E-state index contributed by atoms with van der Waals surface area (Å²) in [6, 6.07) is 8.54. The minimum absolute atomic E-state index is 0.112. The van der Waals surface area contributed by atoms with Crippen molar-refractivity contribution in [2.75, 3.05) is 0 Å². The van der Waals surface area contributed by atoms with Gasteiger partial charge in [-0.1, -0.05) is 45.9 Å². The summed E-state index contributed by atoms with van der Waals surface area (Å²) >= 11 is 0. The highest BCUT2D eigenvalue weighted by Crippen LogP contribution is 2.37. The van der Waals surface area contributed by atoms with Gasteiger partial charge >= 0.3 is 0 Å². The molecule has 0 radical (unpaired) electrons. The van der Waals surface area contributed by atoms with E-state index in [1.807, 2.05) is 0 Å². The normalized spacial score (nSPS) is 27.1. The maximum absolute atomic E-state index is 6.44. The molecule has 1 aromatic rings. The van der Waals surface area contributed by atoms with Crippen LogP contribution in [0.1, 0.15) is 64.9 Å². The predicted molar refractivity (Wildman–Crippen MR) is 85.2 cm³/mol. The van der Waals surface area contributed by atoms with E-state index in [9.17, 15) is 0 Å². The molecule has 0 aliphatic heterocycles. The highest BCUT2D eigenvalue weighted by atomic mass is 16.5. The molecule has 1 aliphatic rings. The van der Waals surface area contributed by atoms with Gasteiger partial charge in [-0.05, 0) is 48.6 Å². The number of rotatable bonds is 4. The van der Waals surface area contributed by atoms with E-state index in [0.717, 1.165) is 18.6 Å². The van der Waals surface area contributed by atoms with Crippen molar-refractivity contribution in [1.29, 1.82) is 0 Å². The van der Waals surface area contributed by atoms with Crippen molar-refractivity contribution in [1.82, 2.24) is 0 Å². The number of hydrogen-bond donors (Lipinski definition) is 1. The predicted octanol–water partition coefficient (Wildman–Crippen LogP) is 4.48. The molecule has 1 fully saturated rings. The van der Waals surface area contributed by atoms with Gasteiger partial charge in [-0.3, -0.25) is 0 Å². The SMILES string of the molecule is CCC(C)c1ccccc1OC1CCCC(C)(C)C1N. The smallest absolute Gasteiger partial charge is 0.123 e. The monoisotopic (exact) mass is 275 g/mol. The summed E-state index contributed by atoms with van der Waals surface area (Å²) in [6.07, 6.45) is 4.74. The van der Waals surface area contributed by atoms with Gasteiger partial charge in [0.1, 0.15) is 11.9 Å². The van der Waals surface area contributed by atoms with E-state index in [2.05, 4.69) is 52.0 Å². The lowest BCUT2D eigenvalue weighted by Gasteiger charge is -2.41. The first-order valence-corrected chi connectivity index (χ1v) is 7.97. The molecular formula is C18H29NO. The topological polar surface area (TPSA) is 35.2 Å². The molecule has 0 saturated heterocycles. The van der Waals surface area contributed by atoms with Gasteiger partial charge in [-0.15, -0.1) is 0 Å². The van der Waals surface area contributed by atoms with Gasteiger partial charge in [0.05, 0.1) is 0 Å². The van der Waals surface area contributed by atoms with Crippen molar-refractivity contribution in [2.24, 2.45) is 11.1 Å². The quantitative estimate of drug-likeness (QED) is 0.879. The van der Waals surface area contributed by atoms with Gasteiger partial charge in [-0.25, -0.2) is 0 Å². The second-order valence-electron chi connectivity index (χ2n) is 6.91. The van der Waals surface area contributed by atoms with Gasteiger partial charge in [0.15, 0.2) is 0 Å². The Kier molecular flexibility index (Phi) is 4.74. The highest BCUT2D eigenvalue weighted by molar-refractivity contribution is 5.36. The van der Waals surface area contributed by atoms with Crippen LogP contribution in [0.25, 0.3) is 0 Å². The summed E-state index contributed by atoms with van der Waals surface area (Å²) in [4.78, 5) is 0. The fourth-order valence-corrected chi connectivity index (χ4v) is 3.12. The average Bonchev–Trinajstić information content (AvgIpc) is 2.43. The summed E-state index contributed by atoms with van der Waals surface area (Å²) in [5.74, 6) is 1.55. The third-order valence-corrected chi connectivity index (χ3v) is 4.95. The summed E-state index contributed by atoms with van der Waals surface area (Å²) in [5, 5.41) is 0. The third-order valence-electron chi connectivity index (χ3n) is 4.95. The van der Waals surface area contributed by atoms with Crippen LogP contribution in [0.3, 0.4) is 0 Å². The molecule has 2 heteroatoms. The lowest BCUT2D eigenvalue weighted by atomic mass is 9.72. The molecule has 1 aromatic carbocycles. The number of para-hydroxylation sites is 1. The highest BCUT2D eigenvalue weighted by Gasteiger charge is 2.38. The minimum Gasteiger partial charge on any atom is -0.488 e. The lowest BCUT2D eigenvalue weighted by Crippen LogP contribution is -2.52. The van der Waals surface area contributed by atoms with Crippen LogP contribution in [-0.2, 0) is 0 Å². The molecule has 0 amide bonds. The Labute approximate surface area is 123 Å². The first-order chi connectivity index (χ1) is 9.45. The fourth-order valence-electron chi connectivity index (χ4n) is 3.12. The Bertz CT molecular complexity index is 441. The number of nitrogens with two attached hydrogens (primary N) is 1. The Balaban J connectivity index is 2.18. The zero-order valence-corrected chi connectivity index (χ0v) is 13.4. The first-order valence-electron chi connectivity index (χ1n) is 7.97. The van der Waals surface area contributed by atoms with Crippen LogP contribution < -0.4 is 10.5 Å². The molecule has 0 bridgehead atoms. The molecule has 0 heterocycles. The molecule has 0 spiro atoms. The van der Waals surface area contributed by atoms with E-state index in [0.29, 0.717) is 5.92 Å². The summed E-state index contributed by atoms with van der Waals surface area (Å²) < 4.78 is 6.33. The molecule has 2 N–H and O–H groups in total. The minimum atomic E-state index is 0.112. The van der Waals surface area contributed by atoms with Gasteiger partial charge in [-0.2, -0.15) is 0 Å². The van der Waals surface area contributed by atoms with E-state index in [1.165, 1.54) is 18.4 Å². The van der Waals surface area contributed by atoms with E-state index in [4.69, 9.17) is 10.5 Å². The molecule has 3 unspecified atom stereocenters. The molecule has 3 atom stereocenters. The Morgan fingerprint density at radius 3 is 2.75 bits per heavy atom. The van der Waals surface area contributed by atoms with E-state index >= 15 is 0 Å². The average molecular weight is 275 g/mol. The molecule has 2 rings (SSSR count). The Hall–Kier alpha value is -1.02. The van der Waals surface area contributed by atoms with Crippen LogP contribution in [0.4, 0.5) is 0 Å². The van der Waals surface area contributed by atoms with E-state index in [-0.39, 0.29) is 17.6 Å². The maximum atomic E-state index is 6.44. The van der Waals surface area contributed by atoms with Crippen LogP contribution in [0.2, 0.25) is 0 Å². The van der Waals surface area contributed by atoms with Crippen molar-refractivity contribution in [2.45, 2.75) is 71.4 Å². The summed E-state index contributed by atoms with van der Waals surface area (Å²) in [6.45, 7) is 8.99. The van der Waals surface area contributed by atoms with Crippen molar-refractivity contribution < 1.29 is 4.74 Å². The Morgan fingerprint density at radius 2 is 2.05 bits per heavy atom. The van der Waals surface area contributed by atoms with Crippen molar-refractivity contribution in [3.05, 3.63) is 29.8 Å². The molecule has 0 aromatic heterocycles. The van der Waals surface area contributed by atoms with Crippen LogP contribution in [0.5, 0.6) is 5.75 Å². The zero-order chi connectivity index (χ0) is 14.8. The summed E-state index contributed by atoms with van der Waals surface area (Å²) in [5.41, 5.74) is 7.92. The van der Waals surface area contributed by atoms with Gasteiger partial charge in [0.25, 0.3) is 0 Å². The molecular weight excluding hydrogens is 246 g/mol. The number of benzene rings is 1. The Morgan fingerprint density at radius 1 is 1.35 bits per heavy atom. The molecule has 112 valence electrons. The standard InChI is InChI=1S/C18H29NO/c1-5-13(2)14-9-6-7-10-15(14)20-16-11-8-12-18(3,4)17(16)19/h6-7,9-10,13,16-17H,5,8,11-12,19H2,1-4H3. The molecule has 1 aliphatic carbocycles. The van der Waals surface area contributed by atoms with Gasteiger partial charge < -0.3 is 10.5 Å². The van der Waals surface area contributed by atoms with Gasteiger partial charge in [0, 0.05) is 6.04 Å². The molecule has 20 heavy (non-hydrogen) atoms. The largest absolute Gasteiger partial charge is 0.488 e. The van der Waals surface area contributed by atoms with Crippen molar-refractivity contribution in [3.8, 4) is 5.75 Å². The second-order valence-corrected chi connectivity index (χ2v) is 6.91.